The molecule has 0 saturated carbocycles. The Morgan fingerprint density at radius 3 is 2.41 bits per heavy atom. The van der Waals surface area contributed by atoms with Crippen LogP contribution in [-0.2, 0) is 13.1 Å². The second-order valence-electron chi connectivity index (χ2n) is 8.21. The lowest BCUT2D eigenvalue weighted by molar-refractivity contribution is 0.244. The van der Waals surface area contributed by atoms with Gasteiger partial charge in [0.05, 0.1) is 11.9 Å². The molecule has 7 heteroatoms. The quantitative estimate of drug-likeness (QED) is 0.451. The maximum Gasteiger partial charge on any atom is 0.260 e. The molecule has 4 aromatic rings. The number of nitrogens with zero attached hydrogens (tertiary/aromatic N) is 3. The van der Waals surface area contributed by atoms with E-state index in [4.69, 9.17) is 16.6 Å². The zero-order chi connectivity index (χ0) is 21.9. The average molecular weight is 465 g/mol. The molecular weight excluding hydrogens is 440 g/mol. The van der Waals surface area contributed by atoms with Crippen molar-refractivity contribution in [3.63, 3.8) is 0 Å². The Labute approximate surface area is 196 Å². The maximum atomic E-state index is 13.0. The van der Waals surface area contributed by atoms with E-state index in [2.05, 4.69) is 45.1 Å². The first kappa shape index (κ1) is 21.3. The van der Waals surface area contributed by atoms with Gasteiger partial charge >= 0.3 is 0 Å². The zero-order valence-electron chi connectivity index (χ0n) is 17.8. The number of aromatic amines is 1. The van der Waals surface area contributed by atoms with Crippen LogP contribution in [-0.4, -0.2) is 45.9 Å². The van der Waals surface area contributed by atoms with Crippen molar-refractivity contribution in [2.75, 3.05) is 26.2 Å². The van der Waals surface area contributed by atoms with Gasteiger partial charge in [-0.25, -0.2) is 4.98 Å². The predicted octanol–water partition coefficient (Wildman–Crippen LogP) is 5.01. The molecule has 1 saturated heterocycles. The van der Waals surface area contributed by atoms with Crippen LogP contribution in [0.1, 0.15) is 17.8 Å². The first-order chi connectivity index (χ1) is 15.7. The van der Waals surface area contributed by atoms with Crippen LogP contribution < -0.4 is 5.56 Å². The van der Waals surface area contributed by atoms with Gasteiger partial charge in [0.25, 0.3) is 5.56 Å². The third-order valence-corrected chi connectivity index (χ3v) is 7.16. The van der Waals surface area contributed by atoms with E-state index in [1.54, 1.807) is 0 Å². The van der Waals surface area contributed by atoms with Gasteiger partial charge in [0, 0.05) is 41.2 Å². The van der Waals surface area contributed by atoms with Crippen LogP contribution in [0, 0.1) is 0 Å². The van der Waals surface area contributed by atoms with Crippen molar-refractivity contribution in [3.8, 4) is 11.1 Å². The van der Waals surface area contributed by atoms with Crippen LogP contribution in [0.25, 0.3) is 21.3 Å². The van der Waals surface area contributed by atoms with E-state index < -0.39 is 0 Å². The van der Waals surface area contributed by atoms with E-state index in [0.29, 0.717) is 17.0 Å². The summed E-state index contributed by atoms with van der Waals surface area (Å²) in [5, 5.41) is 3.24. The molecule has 32 heavy (non-hydrogen) atoms. The second kappa shape index (κ2) is 9.55. The smallest absolute Gasteiger partial charge is 0.260 e. The Balaban J connectivity index is 1.31. The predicted molar refractivity (Wildman–Crippen MR) is 132 cm³/mol. The molecule has 0 aliphatic carbocycles. The fourth-order valence-corrected chi connectivity index (χ4v) is 5.54. The summed E-state index contributed by atoms with van der Waals surface area (Å²) in [6.45, 7) is 5.70. The highest BCUT2D eigenvalue weighted by molar-refractivity contribution is 7.17. The molecular formula is C25H25ClN4OS. The summed E-state index contributed by atoms with van der Waals surface area (Å²) >= 11 is 7.87. The van der Waals surface area contributed by atoms with Gasteiger partial charge in [-0.15, -0.1) is 11.3 Å². The van der Waals surface area contributed by atoms with Gasteiger partial charge in [0.2, 0.25) is 0 Å². The standard InChI is InChI=1S/C25H25ClN4OS/c26-21-10-5-4-9-19(21)20-17-32-25-23(20)24(31)27-22(28-25)16-30-12-6-11-29(13-14-30)15-18-7-2-1-3-8-18/h1-5,7-10,17H,6,11-16H2,(H,27,28,31). The number of nitrogens with one attached hydrogen (secondary N) is 1. The monoisotopic (exact) mass is 464 g/mol. The second-order valence-corrected chi connectivity index (χ2v) is 9.48. The van der Waals surface area contributed by atoms with Crippen molar-refractivity contribution in [3.05, 3.63) is 86.7 Å². The summed E-state index contributed by atoms with van der Waals surface area (Å²) < 4.78 is 0. The summed E-state index contributed by atoms with van der Waals surface area (Å²) in [7, 11) is 0. The molecule has 1 aliphatic heterocycles. The Kier molecular flexibility index (Phi) is 6.37. The van der Waals surface area contributed by atoms with Crippen molar-refractivity contribution >= 4 is 33.2 Å². The molecule has 2 aromatic carbocycles. The Bertz CT molecular complexity index is 1270. The van der Waals surface area contributed by atoms with Crippen LogP contribution in [0.4, 0.5) is 0 Å². The molecule has 0 bridgehead atoms. The van der Waals surface area contributed by atoms with Crippen molar-refractivity contribution in [2.45, 2.75) is 19.5 Å². The highest BCUT2D eigenvalue weighted by atomic mass is 35.5. The summed E-state index contributed by atoms with van der Waals surface area (Å²) in [6, 6.07) is 18.2. The molecule has 0 unspecified atom stereocenters. The molecule has 0 radical (unpaired) electrons. The van der Waals surface area contributed by atoms with E-state index in [1.165, 1.54) is 16.9 Å². The summed E-state index contributed by atoms with van der Waals surface area (Å²) in [5.41, 5.74) is 2.97. The molecule has 5 nitrogen and oxygen atoms in total. The third kappa shape index (κ3) is 4.64. The van der Waals surface area contributed by atoms with Gasteiger partial charge in [-0.05, 0) is 31.1 Å². The van der Waals surface area contributed by atoms with Gasteiger partial charge in [-0.2, -0.15) is 0 Å². The maximum absolute atomic E-state index is 13.0. The molecule has 1 fully saturated rings. The van der Waals surface area contributed by atoms with E-state index in [1.807, 2.05) is 29.6 Å². The number of thiophene rings is 1. The molecule has 1 N–H and O–H groups in total. The van der Waals surface area contributed by atoms with Crippen LogP contribution in [0.2, 0.25) is 5.02 Å². The summed E-state index contributed by atoms with van der Waals surface area (Å²) in [6.07, 6.45) is 1.11. The highest BCUT2D eigenvalue weighted by Crippen LogP contribution is 2.34. The number of hydrogen-bond donors (Lipinski definition) is 1. The Hall–Kier alpha value is -2.51. The fourth-order valence-electron chi connectivity index (χ4n) is 4.34. The third-order valence-electron chi connectivity index (χ3n) is 5.96. The molecule has 164 valence electrons. The molecule has 0 amide bonds. The molecule has 5 rings (SSSR count). The number of fused-ring (bicyclic) bond motifs is 1. The summed E-state index contributed by atoms with van der Waals surface area (Å²) in [4.78, 5) is 26.4. The molecule has 1 aliphatic rings. The van der Waals surface area contributed by atoms with Gasteiger partial charge in [-0.3, -0.25) is 14.6 Å². The minimum Gasteiger partial charge on any atom is -0.309 e. The topological polar surface area (TPSA) is 52.2 Å². The molecule has 3 heterocycles. The molecule has 0 spiro atoms. The van der Waals surface area contributed by atoms with Gasteiger partial charge < -0.3 is 4.98 Å². The summed E-state index contributed by atoms with van der Waals surface area (Å²) in [5.74, 6) is 0.728. The van der Waals surface area contributed by atoms with Crippen molar-refractivity contribution in [2.24, 2.45) is 0 Å². The number of rotatable bonds is 5. The van der Waals surface area contributed by atoms with Crippen molar-refractivity contribution < 1.29 is 0 Å². The van der Waals surface area contributed by atoms with Gasteiger partial charge in [-0.1, -0.05) is 60.1 Å². The van der Waals surface area contributed by atoms with Crippen LogP contribution in [0.5, 0.6) is 0 Å². The van der Waals surface area contributed by atoms with Crippen LogP contribution in [0.3, 0.4) is 0 Å². The Morgan fingerprint density at radius 1 is 0.906 bits per heavy atom. The first-order valence-corrected chi connectivity index (χ1v) is 12.2. The van der Waals surface area contributed by atoms with E-state index >= 15 is 0 Å². The SMILES string of the molecule is O=c1[nH]c(CN2CCCN(Cc3ccccc3)CC2)nc2scc(-c3ccccc3Cl)c12. The molecule has 2 aromatic heterocycles. The Morgan fingerprint density at radius 2 is 1.62 bits per heavy atom. The van der Waals surface area contributed by atoms with E-state index in [9.17, 15) is 4.79 Å². The number of benzene rings is 2. The van der Waals surface area contributed by atoms with Gasteiger partial charge in [0.15, 0.2) is 0 Å². The lowest BCUT2D eigenvalue weighted by Gasteiger charge is -2.21. The number of hydrogen-bond acceptors (Lipinski definition) is 5. The number of H-pyrrole nitrogens is 1. The minimum absolute atomic E-state index is 0.0957. The van der Waals surface area contributed by atoms with Crippen molar-refractivity contribution in [1.82, 2.24) is 19.8 Å². The minimum atomic E-state index is -0.0957. The van der Waals surface area contributed by atoms with Crippen molar-refractivity contribution in [1.29, 1.82) is 0 Å². The van der Waals surface area contributed by atoms with Crippen LogP contribution in [0.15, 0.2) is 64.8 Å². The van der Waals surface area contributed by atoms with Gasteiger partial charge in [0.1, 0.15) is 10.7 Å². The number of aromatic nitrogens is 2. The number of halogens is 1. The normalized spacial score (nSPS) is 15.8. The average Bonchev–Trinajstić information content (AvgIpc) is 3.10. The van der Waals surface area contributed by atoms with E-state index in [-0.39, 0.29) is 5.56 Å². The fraction of sp³-hybridized carbons (Fsp3) is 0.280. The highest BCUT2D eigenvalue weighted by Gasteiger charge is 2.18. The zero-order valence-corrected chi connectivity index (χ0v) is 19.3. The largest absolute Gasteiger partial charge is 0.309 e. The lowest BCUT2D eigenvalue weighted by Crippen LogP contribution is -2.31. The lowest BCUT2D eigenvalue weighted by atomic mass is 10.1. The van der Waals surface area contributed by atoms with E-state index in [0.717, 1.165) is 60.9 Å². The van der Waals surface area contributed by atoms with Crippen LogP contribution >= 0.6 is 22.9 Å². The molecule has 0 atom stereocenters. The first-order valence-electron chi connectivity index (χ1n) is 10.9.